The lowest BCUT2D eigenvalue weighted by Gasteiger charge is -2.60. The summed E-state index contributed by atoms with van der Waals surface area (Å²) in [6, 6.07) is 6.91. The third-order valence-corrected chi connectivity index (χ3v) is 6.98. The third-order valence-electron chi connectivity index (χ3n) is 6.98. The van der Waals surface area contributed by atoms with Gasteiger partial charge in [0.15, 0.2) is 0 Å². The fourth-order valence-electron chi connectivity index (χ4n) is 6.56. The molecular weight excluding hydrogens is 356 g/mol. The zero-order chi connectivity index (χ0) is 19.5. The molecule has 0 aromatic carbocycles. The van der Waals surface area contributed by atoms with Crippen LogP contribution in [0.3, 0.4) is 0 Å². The van der Waals surface area contributed by atoms with Gasteiger partial charge in [-0.1, -0.05) is 6.07 Å². The lowest BCUT2D eigenvalue weighted by Crippen LogP contribution is -2.56. The number of carbonyl (C=O) groups is 1. The summed E-state index contributed by atoms with van der Waals surface area (Å²) in [6.07, 6.45) is 6.11. The maximum absolute atomic E-state index is 12.6. The number of aromatic nitrogens is 2. The van der Waals surface area contributed by atoms with Crippen molar-refractivity contribution >= 4 is 11.6 Å². The number of hydrogen-bond acceptors (Lipinski definition) is 5. The smallest absolute Gasteiger partial charge is 0.306 e. The van der Waals surface area contributed by atoms with Gasteiger partial charge >= 0.3 is 5.97 Å². The number of fused-ring (bicyclic) bond motifs is 1. The number of pyridine rings is 1. The van der Waals surface area contributed by atoms with Crippen LogP contribution in [0.1, 0.15) is 56.3 Å². The van der Waals surface area contributed by atoms with E-state index in [-0.39, 0.29) is 23.6 Å². The van der Waals surface area contributed by atoms with Gasteiger partial charge in [-0.05, 0) is 74.8 Å². The van der Waals surface area contributed by atoms with Gasteiger partial charge in [-0.15, -0.1) is 0 Å². The van der Waals surface area contributed by atoms with E-state index in [1.807, 2.05) is 19.1 Å². The van der Waals surface area contributed by atoms with Crippen LogP contribution < -0.4 is 5.56 Å². The van der Waals surface area contributed by atoms with Gasteiger partial charge in [0.1, 0.15) is 12.3 Å². The van der Waals surface area contributed by atoms with Gasteiger partial charge in [0.25, 0.3) is 5.56 Å². The first-order valence-electron chi connectivity index (χ1n) is 10.2. The molecule has 0 spiro atoms. The van der Waals surface area contributed by atoms with Crippen molar-refractivity contribution in [1.29, 1.82) is 0 Å². The highest BCUT2D eigenvalue weighted by molar-refractivity contribution is 5.70. The number of aliphatic hydroxyl groups is 1. The first-order chi connectivity index (χ1) is 13.3. The van der Waals surface area contributed by atoms with Crippen molar-refractivity contribution in [2.24, 2.45) is 17.3 Å². The summed E-state index contributed by atoms with van der Waals surface area (Å²) >= 11 is 0. The summed E-state index contributed by atoms with van der Waals surface area (Å²) in [4.78, 5) is 29.4. The highest BCUT2D eigenvalue weighted by atomic mass is 16.5. The summed E-state index contributed by atoms with van der Waals surface area (Å²) in [5.41, 5.74) is 0.992. The molecule has 6 rings (SSSR count). The van der Waals surface area contributed by atoms with E-state index in [1.54, 1.807) is 10.5 Å². The van der Waals surface area contributed by atoms with Crippen molar-refractivity contribution in [3.05, 3.63) is 46.0 Å². The summed E-state index contributed by atoms with van der Waals surface area (Å²) in [5, 5.41) is 10.8. The molecule has 6 heteroatoms. The molecule has 1 N–H and O–H groups in total. The van der Waals surface area contributed by atoms with Crippen LogP contribution in [-0.2, 0) is 16.1 Å². The molecule has 148 valence electrons. The topological polar surface area (TPSA) is 80.9 Å². The molecule has 28 heavy (non-hydrogen) atoms. The van der Waals surface area contributed by atoms with Gasteiger partial charge in [-0.3, -0.25) is 14.0 Å². The molecule has 4 aliphatic carbocycles. The Balaban J connectivity index is 1.28. The SMILES string of the molecule is Cc1cccc2nc(COC(=O)CC34C[C@@H]5C[C@@H](CC(O)(C5)C3)C4)cc(=O)n12. The summed E-state index contributed by atoms with van der Waals surface area (Å²) in [7, 11) is 0. The number of ether oxygens (including phenoxy) is 1. The molecule has 0 radical (unpaired) electrons. The molecule has 6 nitrogen and oxygen atoms in total. The number of hydrogen-bond donors (Lipinski definition) is 1. The maximum Gasteiger partial charge on any atom is 0.306 e. The molecule has 0 amide bonds. The van der Waals surface area contributed by atoms with Crippen molar-refractivity contribution in [3.63, 3.8) is 0 Å². The average Bonchev–Trinajstić information content (AvgIpc) is 2.57. The maximum atomic E-state index is 12.6. The Hall–Kier alpha value is -2.21. The minimum atomic E-state index is -0.573. The Labute approximate surface area is 163 Å². The second kappa shape index (κ2) is 6.14. The molecular formula is C22H26N2O4. The molecule has 4 fully saturated rings. The first kappa shape index (κ1) is 17.9. The monoisotopic (exact) mass is 382 g/mol. The molecule has 2 unspecified atom stereocenters. The Morgan fingerprint density at radius 3 is 2.75 bits per heavy atom. The van der Waals surface area contributed by atoms with Crippen LogP contribution >= 0.6 is 0 Å². The van der Waals surface area contributed by atoms with E-state index in [2.05, 4.69) is 4.98 Å². The number of nitrogens with zero attached hydrogens (tertiary/aromatic N) is 2. The molecule has 2 aromatic heterocycles. The second-order valence-electron chi connectivity index (χ2n) is 9.47. The average molecular weight is 382 g/mol. The van der Waals surface area contributed by atoms with Crippen molar-refractivity contribution in [1.82, 2.24) is 9.38 Å². The fourth-order valence-corrected chi connectivity index (χ4v) is 6.56. The highest BCUT2D eigenvalue weighted by Crippen LogP contribution is 2.62. The standard InChI is InChI=1S/C22H26N2O4/c1-14-3-2-4-18-23-17(6-19(25)24(14)18)12-28-20(26)11-21-7-15-5-16(8-21)10-22(27,9-15)13-21/h2-4,6,15-16,27H,5,7-13H2,1H3/t15-,16+,21?,22?. The van der Waals surface area contributed by atoms with Crippen molar-refractivity contribution in [2.75, 3.05) is 0 Å². The van der Waals surface area contributed by atoms with E-state index in [4.69, 9.17) is 4.74 Å². The zero-order valence-corrected chi connectivity index (χ0v) is 16.2. The van der Waals surface area contributed by atoms with Gasteiger partial charge in [0.2, 0.25) is 0 Å². The molecule has 2 heterocycles. The lowest BCUT2D eigenvalue weighted by atomic mass is 9.47. The van der Waals surface area contributed by atoms with Crippen molar-refractivity contribution < 1.29 is 14.6 Å². The van der Waals surface area contributed by atoms with E-state index in [1.165, 1.54) is 12.5 Å². The fraction of sp³-hybridized carbons (Fsp3) is 0.591. The van der Waals surface area contributed by atoms with Crippen molar-refractivity contribution in [2.45, 2.75) is 64.1 Å². The first-order valence-corrected chi connectivity index (χ1v) is 10.2. The quantitative estimate of drug-likeness (QED) is 0.823. The van der Waals surface area contributed by atoms with Gasteiger partial charge in [-0.25, -0.2) is 4.98 Å². The third kappa shape index (κ3) is 3.04. The van der Waals surface area contributed by atoms with Crippen LogP contribution in [0.15, 0.2) is 29.1 Å². The summed E-state index contributed by atoms with van der Waals surface area (Å²) < 4.78 is 7.05. The Bertz CT molecular complexity index is 997. The lowest BCUT2D eigenvalue weighted by molar-refractivity contribution is -0.177. The molecule has 4 saturated carbocycles. The Morgan fingerprint density at radius 2 is 2.04 bits per heavy atom. The molecule has 0 saturated heterocycles. The molecule has 2 aromatic rings. The zero-order valence-electron chi connectivity index (χ0n) is 16.2. The second-order valence-corrected chi connectivity index (χ2v) is 9.47. The summed E-state index contributed by atoms with van der Waals surface area (Å²) in [5.74, 6) is 0.839. The van der Waals surface area contributed by atoms with Crippen molar-refractivity contribution in [3.8, 4) is 0 Å². The van der Waals surface area contributed by atoms with Crippen LogP contribution in [0.25, 0.3) is 5.65 Å². The van der Waals surface area contributed by atoms with Crippen LogP contribution in [0.4, 0.5) is 0 Å². The molecule has 0 aliphatic heterocycles. The Morgan fingerprint density at radius 1 is 1.29 bits per heavy atom. The molecule has 4 aliphatic rings. The predicted octanol–water partition coefficient (Wildman–Crippen LogP) is 2.77. The predicted molar refractivity (Wildman–Crippen MR) is 103 cm³/mol. The minimum Gasteiger partial charge on any atom is -0.459 e. The van der Waals surface area contributed by atoms with E-state index >= 15 is 0 Å². The highest BCUT2D eigenvalue weighted by Gasteiger charge is 2.57. The number of rotatable bonds is 4. The number of esters is 1. The molecule has 4 atom stereocenters. The summed E-state index contributed by atoms with van der Waals surface area (Å²) in [6.45, 7) is 1.86. The normalized spacial score (nSPS) is 33.4. The van der Waals surface area contributed by atoms with Crippen LogP contribution in [0.5, 0.6) is 0 Å². The largest absolute Gasteiger partial charge is 0.459 e. The van der Waals surface area contributed by atoms with E-state index in [9.17, 15) is 14.7 Å². The minimum absolute atomic E-state index is 0.00567. The van der Waals surface area contributed by atoms with Crippen LogP contribution in [0.2, 0.25) is 0 Å². The van der Waals surface area contributed by atoms with Crippen LogP contribution in [-0.4, -0.2) is 26.1 Å². The van der Waals surface area contributed by atoms with Gasteiger partial charge < -0.3 is 9.84 Å². The Kier molecular flexibility index (Phi) is 3.92. The van der Waals surface area contributed by atoms with Gasteiger partial charge in [0, 0.05) is 11.8 Å². The van der Waals surface area contributed by atoms with Gasteiger partial charge in [0.05, 0.1) is 17.7 Å². The molecule has 4 bridgehead atoms. The van der Waals surface area contributed by atoms with E-state index in [0.717, 1.165) is 37.8 Å². The number of aryl methyl sites for hydroxylation is 1. The van der Waals surface area contributed by atoms with Gasteiger partial charge in [-0.2, -0.15) is 0 Å². The number of carbonyl (C=O) groups excluding carboxylic acids is 1. The van der Waals surface area contributed by atoms with E-state index in [0.29, 0.717) is 29.6 Å². The van der Waals surface area contributed by atoms with E-state index < -0.39 is 5.60 Å². The van der Waals surface area contributed by atoms with Crippen LogP contribution in [0, 0.1) is 24.2 Å².